The van der Waals surface area contributed by atoms with Gasteiger partial charge in [0.25, 0.3) is 5.91 Å². The molecule has 1 amide bonds. The van der Waals surface area contributed by atoms with Gasteiger partial charge in [-0.15, -0.1) is 11.3 Å². The maximum atomic E-state index is 12.8. The Bertz CT molecular complexity index is 1170. The van der Waals surface area contributed by atoms with Gasteiger partial charge in [0.05, 0.1) is 30.7 Å². The van der Waals surface area contributed by atoms with Crippen LogP contribution >= 0.6 is 11.3 Å². The number of nitrogens with one attached hydrogen (secondary N) is 1. The lowest BCUT2D eigenvalue weighted by molar-refractivity contribution is 0.102. The first-order chi connectivity index (χ1) is 14.1. The summed E-state index contributed by atoms with van der Waals surface area (Å²) in [5.41, 5.74) is 2.51. The summed E-state index contributed by atoms with van der Waals surface area (Å²) in [5, 5.41) is 13.9. The Balaban J connectivity index is 1.63. The molecule has 2 aromatic carbocycles. The van der Waals surface area contributed by atoms with Crippen LogP contribution in [0.25, 0.3) is 20.8 Å². The Hall–Kier alpha value is -3.65. The number of phenolic OH excluding ortho intramolecular Hbond substituents is 1. The smallest absolute Gasteiger partial charge is 0.259 e. The molecule has 2 heterocycles. The highest BCUT2D eigenvalue weighted by molar-refractivity contribution is 7.21. The Kier molecular flexibility index (Phi) is 5.01. The van der Waals surface area contributed by atoms with Crippen LogP contribution < -0.4 is 14.8 Å². The standard InChI is InChI=1S/C21H17N3O4S/c1-27-16-7-6-14(19(28-2)18(16)25)20(26)23-13-5-3-4-12(10-13)21-24-15-11-22-9-8-17(15)29-21/h3-11,25H,1-2H3,(H,23,26). The van der Waals surface area contributed by atoms with Crippen LogP contribution in [0.5, 0.6) is 17.2 Å². The molecule has 2 N–H and O–H groups in total. The number of benzene rings is 2. The van der Waals surface area contributed by atoms with E-state index in [9.17, 15) is 9.90 Å². The zero-order valence-corrected chi connectivity index (χ0v) is 16.5. The van der Waals surface area contributed by atoms with Gasteiger partial charge in [-0.2, -0.15) is 0 Å². The molecule has 0 aliphatic carbocycles. The van der Waals surface area contributed by atoms with Crippen molar-refractivity contribution in [3.8, 4) is 27.8 Å². The zero-order valence-electron chi connectivity index (χ0n) is 15.7. The summed E-state index contributed by atoms with van der Waals surface area (Å²) < 4.78 is 11.3. The number of thiazole rings is 1. The van der Waals surface area contributed by atoms with E-state index in [1.165, 1.54) is 26.4 Å². The van der Waals surface area contributed by atoms with Crippen molar-refractivity contribution in [2.75, 3.05) is 19.5 Å². The third-order valence-corrected chi connectivity index (χ3v) is 5.41. The van der Waals surface area contributed by atoms with Gasteiger partial charge < -0.3 is 19.9 Å². The highest BCUT2D eigenvalue weighted by atomic mass is 32.1. The number of carbonyl (C=O) groups excluding carboxylic acids is 1. The first-order valence-corrected chi connectivity index (χ1v) is 9.48. The van der Waals surface area contributed by atoms with Gasteiger partial charge in [0.1, 0.15) is 10.5 Å². The van der Waals surface area contributed by atoms with Crippen molar-refractivity contribution in [3.05, 3.63) is 60.4 Å². The van der Waals surface area contributed by atoms with Crippen LogP contribution in [0.4, 0.5) is 5.69 Å². The van der Waals surface area contributed by atoms with Gasteiger partial charge in [-0.3, -0.25) is 9.78 Å². The minimum Gasteiger partial charge on any atom is -0.502 e. The number of anilines is 1. The number of nitrogens with zero attached hydrogens (tertiary/aromatic N) is 2. The van der Waals surface area contributed by atoms with Crippen LogP contribution in [-0.4, -0.2) is 35.2 Å². The molecule has 8 heteroatoms. The fraction of sp³-hybridized carbons (Fsp3) is 0.0952. The average Bonchev–Trinajstić information content (AvgIpc) is 3.18. The number of hydrogen-bond acceptors (Lipinski definition) is 7. The van der Waals surface area contributed by atoms with Gasteiger partial charge in [0.15, 0.2) is 11.5 Å². The summed E-state index contributed by atoms with van der Waals surface area (Å²) in [6, 6.07) is 12.4. The van der Waals surface area contributed by atoms with Gasteiger partial charge >= 0.3 is 0 Å². The largest absolute Gasteiger partial charge is 0.502 e. The number of phenols is 1. The fourth-order valence-electron chi connectivity index (χ4n) is 2.94. The number of fused-ring (bicyclic) bond motifs is 1. The summed E-state index contributed by atoms with van der Waals surface area (Å²) >= 11 is 1.56. The minimum atomic E-state index is -0.412. The van der Waals surface area contributed by atoms with E-state index in [1.54, 1.807) is 29.8 Å². The van der Waals surface area contributed by atoms with Crippen molar-refractivity contribution in [2.24, 2.45) is 0 Å². The van der Waals surface area contributed by atoms with E-state index in [-0.39, 0.29) is 22.8 Å². The highest BCUT2D eigenvalue weighted by Crippen LogP contribution is 2.39. The summed E-state index contributed by atoms with van der Waals surface area (Å²) in [6.07, 6.45) is 3.46. The quantitative estimate of drug-likeness (QED) is 0.511. The van der Waals surface area contributed by atoms with Crippen LogP contribution in [0.15, 0.2) is 54.9 Å². The van der Waals surface area contributed by atoms with Gasteiger partial charge in [0.2, 0.25) is 5.75 Å². The number of rotatable bonds is 5. The number of methoxy groups -OCH3 is 2. The van der Waals surface area contributed by atoms with Crippen molar-refractivity contribution < 1.29 is 19.4 Å². The molecule has 0 unspecified atom stereocenters. The molecule has 0 aliphatic heterocycles. The van der Waals surface area contributed by atoms with Gasteiger partial charge in [-0.25, -0.2) is 4.98 Å². The number of hydrogen-bond donors (Lipinski definition) is 2. The van der Waals surface area contributed by atoms with E-state index in [4.69, 9.17) is 9.47 Å². The Morgan fingerprint density at radius 2 is 2.00 bits per heavy atom. The van der Waals surface area contributed by atoms with Crippen molar-refractivity contribution in [2.45, 2.75) is 0 Å². The van der Waals surface area contributed by atoms with Gasteiger partial charge in [-0.05, 0) is 30.3 Å². The molecule has 4 rings (SSSR count). The lowest BCUT2D eigenvalue weighted by Gasteiger charge is -2.13. The van der Waals surface area contributed by atoms with E-state index < -0.39 is 5.91 Å². The molecular formula is C21H17N3O4S. The van der Waals surface area contributed by atoms with Crippen LogP contribution in [-0.2, 0) is 0 Å². The van der Waals surface area contributed by atoms with Gasteiger partial charge in [-0.1, -0.05) is 12.1 Å². The van der Waals surface area contributed by atoms with E-state index in [2.05, 4.69) is 15.3 Å². The average molecular weight is 407 g/mol. The van der Waals surface area contributed by atoms with E-state index >= 15 is 0 Å². The number of aromatic nitrogens is 2. The molecule has 146 valence electrons. The number of carbonyl (C=O) groups is 1. The minimum absolute atomic E-state index is 0.0525. The molecular weight excluding hydrogens is 390 g/mol. The second-order valence-electron chi connectivity index (χ2n) is 6.09. The number of amides is 1. The third-order valence-electron chi connectivity index (χ3n) is 4.32. The van der Waals surface area contributed by atoms with Crippen molar-refractivity contribution >= 4 is 33.1 Å². The van der Waals surface area contributed by atoms with Crippen molar-refractivity contribution in [1.82, 2.24) is 9.97 Å². The molecule has 0 bridgehead atoms. The molecule has 0 spiro atoms. The topological polar surface area (TPSA) is 93.6 Å². The second kappa shape index (κ2) is 7.76. The normalized spacial score (nSPS) is 10.7. The molecule has 0 saturated heterocycles. The third kappa shape index (κ3) is 3.57. The Morgan fingerprint density at radius 3 is 2.76 bits per heavy atom. The van der Waals surface area contributed by atoms with Crippen molar-refractivity contribution in [1.29, 1.82) is 0 Å². The van der Waals surface area contributed by atoms with E-state index in [0.29, 0.717) is 5.69 Å². The lowest BCUT2D eigenvalue weighted by Crippen LogP contribution is -2.13. The number of aromatic hydroxyl groups is 1. The first-order valence-electron chi connectivity index (χ1n) is 8.67. The monoisotopic (exact) mass is 407 g/mol. The molecule has 0 radical (unpaired) electrons. The maximum Gasteiger partial charge on any atom is 0.259 e. The number of ether oxygens (including phenoxy) is 2. The predicted octanol–water partition coefficient (Wildman–Crippen LogP) is 4.33. The molecule has 0 saturated carbocycles. The molecule has 7 nitrogen and oxygen atoms in total. The zero-order chi connectivity index (χ0) is 20.4. The molecule has 0 fully saturated rings. The molecule has 0 atom stereocenters. The summed E-state index contributed by atoms with van der Waals surface area (Å²) in [4.78, 5) is 21.5. The van der Waals surface area contributed by atoms with E-state index in [0.717, 1.165) is 20.8 Å². The van der Waals surface area contributed by atoms with E-state index in [1.807, 2.05) is 24.3 Å². The predicted molar refractivity (Wildman–Crippen MR) is 112 cm³/mol. The Labute approximate surface area is 170 Å². The van der Waals surface area contributed by atoms with Gasteiger partial charge in [0, 0.05) is 17.4 Å². The summed E-state index contributed by atoms with van der Waals surface area (Å²) in [5.74, 6) is -0.354. The molecule has 4 aromatic rings. The maximum absolute atomic E-state index is 12.8. The SMILES string of the molecule is COc1ccc(C(=O)Nc2cccc(-c3nc4cnccc4s3)c2)c(OC)c1O. The molecule has 2 aromatic heterocycles. The van der Waals surface area contributed by atoms with Crippen LogP contribution in [0, 0.1) is 0 Å². The molecule has 29 heavy (non-hydrogen) atoms. The van der Waals surface area contributed by atoms with Crippen LogP contribution in [0.1, 0.15) is 10.4 Å². The van der Waals surface area contributed by atoms with Crippen LogP contribution in [0.3, 0.4) is 0 Å². The first kappa shape index (κ1) is 18.7. The highest BCUT2D eigenvalue weighted by Gasteiger charge is 2.19. The van der Waals surface area contributed by atoms with Crippen LogP contribution in [0.2, 0.25) is 0 Å². The Morgan fingerprint density at radius 1 is 1.14 bits per heavy atom. The summed E-state index contributed by atoms with van der Waals surface area (Å²) in [6.45, 7) is 0. The number of pyridine rings is 1. The van der Waals surface area contributed by atoms with Crippen molar-refractivity contribution in [3.63, 3.8) is 0 Å². The summed E-state index contributed by atoms with van der Waals surface area (Å²) in [7, 11) is 2.81. The lowest BCUT2D eigenvalue weighted by atomic mass is 10.1. The fourth-order valence-corrected chi connectivity index (χ4v) is 3.86. The molecule has 0 aliphatic rings. The second-order valence-corrected chi connectivity index (χ2v) is 7.13.